The second-order valence-corrected chi connectivity index (χ2v) is 6.81. The highest BCUT2D eigenvalue weighted by Crippen LogP contribution is 2.42. The lowest BCUT2D eigenvalue weighted by Gasteiger charge is -2.57. The van der Waals surface area contributed by atoms with E-state index in [1.165, 1.54) is 0 Å². The summed E-state index contributed by atoms with van der Waals surface area (Å²) in [5, 5.41) is 13.7. The van der Waals surface area contributed by atoms with Crippen LogP contribution in [0.15, 0.2) is 0 Å². The molecule has 2 N–H and O–H groups in total. The molecule has 1 unspecified atom stereocenters. The molecular weight excluding hydrogens is 232 g/mol. The number of rotatable bonds is 0. The zero-order chi connectivity index (χ0) is 13.6. The van der Waals surface area contributed by atoms with Crippen LogP contribution in [0.25, 0.3) is 0 Å². The molecule has 2 heterocycles. The molecule has 18 heavy (non-hydrogen) atoms. The third-order valence-electron chi connectivity index (χ3n) is 4.08. The van der Waals surface area contributed by atoms with E-state index in [1.807, 2.05) is 27.7 Å². The van der Waals surface area contributed by atoms with Crippen molar-refractivity contribution in [1.82, 2.24) is 10.2 Å². The van der Waals surface area contributed by atoms with Gasteiger partial charge >= 0.3 is 6.09 Å². The lowest BCUT2D eigenvalue weighted by molar-refractivity contribution is -0.144. The number of piperidine rings is 1. The van der Waals surface area contributed by atoms with E-state index in [2.05, 4.69) is 5.32 Å². The van der Waals surface area contributed by atoms with Gasteiger partial charge in [-0.1, -0.05) is 0 Å². The molecule has 0 saturated carbocycles. The predicted octanol–water partition coefficient (Wildman–Crippen LogP) is 0.968. The van der Waals surface area contributed by atoms with Gasteiger partial charge in [-0.25, -0.2) is 4.79 Å². The summed E-state index contributed by atoms with van der Waals surface area (Å²) in [4.78, 5) is 13.8. The van der Waals surface area contributed by atoms with Gasteiger partial charge in [-0.2, -0.15) is 0 Å². The molecule has 5 nitrogen and oxygen atoms in total. The summed E-state index contributed by atoms with van der Waals surface area (Å²) in [5.74, 6) is 0. The SMILES string of the molecule is CC(C)(C)OC(=O)N1CCC(C)(O)C2(CNC2)C1. The Morgan fingerprint density at radius 2 is 2.00 bits per heavy atom. The second-order valence-electron chi connectivity index (χ2n) is 6.81. The van der Waals surface area contributed by atoms with Crippen LogP contribution in [-0.4, -0.2) is 53.5 Å². The van der Waals surface area contributed by atoms with Gasteiger partial charge in [0.15, 0.2) is 0 Å². The summed E-state index contributed by atoms with van der Waals surface area (Å²) in [6, 6.07) is 0. The molecule has 2 rings (SSSR count). The Labute approximate surface area is 108 Å². The van der Waals surface area contributed by atoms with E-state index in [-0.39, 0.29) is 11.5 Å². The molecule has 1 amide bonds. The average molecular weight is 256 g/mol. The van der Waals surface area contributed by atoms with Crippen LogP contribution in [0, 0.1) is 5.41 Å². The quantitative estimate of drug-likeness (QED) is 0.678. The number of aliphatic hydroxyl groups is 1. The molecule has 0 aliphatic carbocycles. The van der Waals surface area contributed by atoms with Crippen molar-refractivity contribution in [1.29, 1.82) is 0 Å². The molecule has 104 valence electrons. The highest BCUT2D eigenvalue weighted by molar-refractivity contribution is 5.68. The first-order valence-electron chi connectivity index (χ1n) is 6.56. The van der Waals surface area contributed by atoms with Gasteiger partial charge in [-0.3, -0.25) is 0 Å². The van der Waals surface area contributed by atoms with Crippen molar-refractivity contribution in [2.75, 3.05) is 26.2 Å². The maximum Gasteiger partial charge on any atom is 0.410 e. The Balaban J connectivity index is 2.03. The Bertz CT molecular complexity index is 343. The molecule has 2 fully saturated rings. The van der Waals surface area contributed by atoms with Crippen molar-refractivity contribution in [2.45, 2.75) is 45.3 Å². The second kappa shape index (κ2) is 4.10. The van der Waals surface area contributed by atoms with Gasteiger partial charge in [-0.05, 0) is 34.1 Å². The van der Waals surface area contributed by atoms with Gasteiger partial charge in [-0.15, -0.1) is 0 Å². The summed E-state index contributed by atoms with van der Waals surface area (Å²) < 4.78 is 5.39. The largest absolute Gasteiger partial charge is 0.444 e. The van der Waals surface area contributed by atoms with Gasteiger partial charge in [0, 0.05) is 31.6 Å². The van der Waals surface area contributed by atoms with Crippen molar-refractivity contribution >= 4 is 6.09 Å². The van der Waals surface area contributed by atoms with Gasteiger partial charge < -0.3 is 20.1 Å². The molecule has 0 aromatic heterocycles. The fraction of sp³-hybridized carbons (Fsp3) is 0.923. The number of amides is 1. The first-order valence-corrected chi connectivity index (χ1v) is 6.56. The lowest BCUT2D eigenvalue weighted by atomic mass is 9.64. The first kappa shape index (κ1) is 13.6. The van der Waals surface area contributed by atoms with Gasteiger partial charge in [0.25, 0.3) is 0 Å². The van der Waals surface area contributed by atoms with Crippen LogP contribution in [0.2, 0.25) is 0 Å². The zero-order valence-corrected chi connectivity index (χ0v) is 11.7. The number of hydrogen-bond donors (Lipinski definition) is 2. The van der Waals surface area contributed by atoms with Crippen molar-refractivity contribution in [3.05, 3.63) is 0 Å². The molecule has 0 bridgehead atoms. The van der Waals surface area contributed by atoms with Crippen LogP contribution < -0.4 is 5.32 Å². The smallest absolute Gasteiger partial charge is 0.410 e. The van der Waals surface area contributed by atoms with Gasteiger partial charge in [0.2, 0.25) is 0 Å². The van der Waals surface area contributed by atoms with E-state index in [4.69, 9.17) is 4.74 Å². The normalized spacial score (nSPS) is 31.1. The molecular formula is C13H24N2O3. The lowest BCUT2D eigenvalue weighted by Crippen LogP contribution is -2.72. The molecule has 0 radical (unpaired) electrons. The highest BCUT2D eigenvalue weighted by Gasteiger charge is 2.55. The minimum absolute atomic E-state index is 0.206. The molecule has 2 aliphatic rings. The fourth-order valence-corrected chi connectivity index (χ4v) is 2.63. The van der Waals surface area contributed by atoms with Crippen molar-refractivity contribution < 1.29 is 14.6 Å². The predicted molar refractivity (Wildman–Crippen MR) is 68.4 cm³/mol. The van der Waals surface area contributed by atoms with Crippen LogP contribution in [0.3, 0.4) is 0 Å². The van der Waals surface area contributed by atoms with Gasteiger partial charge in [0.1, 0.15) is 5.60 Å². The number of carbonyl (C=O) groups excluding carboxylic acids is 1. The summed E-state index contributed by atoms with van der Waals surface area (Å²) in [7, 11) is 0. The molecule has 1 atom stereocenters. The first-order chi connectivity index (χ1) is 8.15. The number of hydrogen-bond acceptors (Lipinski definition) is 4. The van der Waals surface area contributed by atoms with E-state index in [1.54, 1.807) is 4.90 Å². The van der Waals surface area contributed by atoms with E-state index < -0.39 is 11.2 Å². The maximum absolute atomic E-state index is 12.1. The fourth-order valence-electron chi connectivity index (χ4n) is 2.63. The Morgan fingerprint density at radius 1 is 1.39 bits per heavy atom. The number of likely N-dealkylation sites (tertiary alicyclic amines) is 1. The van der Waals surface area contributed by atoms with E-state index in [9.17, 15) is 9.90 Å². The number of nitrogens with one attached hydrogen (secondary N) is 1. The van der Waals surface area contributed by atoms with E-state index >= 15 is 0 Å². The zero-order valence-electron chi connectivity index (χ0n) is 11.7. The number of ether oxygens (including phenoxy) is 1. The molecule has 0 aromatic rings. The van der Waals surface area contributed by atoms with Gasteiger partial charge in [0.05, 0.1) is 5.60 Å². The average Bonchev–Trinajstić information content (AvgIpc) is 2.11. The highest BCUT2D eigenvalue weighted by atomic mass is 16.6. The van der Waals surface area contributed by atoms with Crippen LogP contribution in [0.4, 0.5) is 4.79 Å². The molecule has 2 aliphatic heterocycles. The van der Waals surface area contributed by atoms with Crippen LogP contribution in [0.1, 0.15) is 34.1 Å². The maximum atomic E-state index is 12.1. The minimum atomic E-state index is -0.698. The molecule has 5 heteroatoms. The third-order valence-corrected chi connectivity index (χ3v) is 4.08. The monoisotopic (exact) mass is 256 g/mol. The Morgan fingerprint density at radius 3 is 2.44 bits per heavy atom. The number of carbonyl (C=O) groups is 1. The summed E-state index contributed by atoms with van der Waals surface area (Å²) >= 11 is 0. The van der Waals surface area contributed by atoms with Crippen LogP contribution >= 0.6 is 0 Å². The van der Waals surface area contributed by atoms with E-state index in [0.29, 0.717) is 19.5 Å². The van der Waals surface area contributed by atoms with Crippen LogP contribution in [-0.2, 0) is 4.74 Å². The summed E-state index contributed by atoms with van der Waals surface area (Å²) in [5.41, 5.74) is -1.37. The minimum Gasteiger partial charge on any atom is -0.444 e. The molecule has 1 spiro atoms. The van der Waals surface area contributed by atoms with E-state index in [0.717, 1.165) is 13.1 Å². The summed E-state index contributed by atoms with van der Waals surface area (Å²) in [6.45, 7) is 10.1. The Hall–Kier alpha value is -0.810. The topological polar surface area (TPSA) is 61.8 Å². The molecule has 2 saturated heterocycles. The molecule has 0 aromatic carbocycles. The van der Waals surface area contributed by atoms with Crippen LogP contribution in [0.5, 0.6) is 0 Å². The summed E-state index contributed by atoms with van der Waals surface area (Å²) in [6.07, 6.45) is 0.331. The van der Waals surface area contributed by atoms with Crippen molar-refractivity contribution in [2.24, 2.45) is 5.41 Å². The standard InChI is InChI=1S/C13H24N2O3/c1-11(2,3)18-10(16)15-6-5-12(4,17)13(9-15)7-14-8-13/h14,17H,5-9H2,1-4H3. The Kier molecular flexibility index (Phi) is 3.10. The van der Waals surface area contributed by atoms with Crippen molar-refractivity contribution in [3.63, 3.8) is 0 Å². The van der Waals surface area contributed by atoms with Crippen molar-refractivity contribution in [3.8, 4) is 0 Å². The number of nitrogens with zero attached hydrogens (tertiary/aromatic N) is 1. The third kappa shape index (κ3) is 2.34.